The number of sulfone groups is 2. The summed E-state index contributed by atoms with van der Waals surface area (Å²) in [6, 6.07) is 75.2. The molecule has 0 aliphatic heterocycles. The second-order valence-corrected chi connectivity index (χ2v) is 28.2. The third kappa shape index (κ3) is 13.7. The number of para-hydroxylation sites is 3. The molecule has 0 radical (unpaired) electrons. The maximum atomic E-state index is 15.0. The Bertz CT molecular complexity index is 4880. The van der Waals surface area contributed by atoms with Crippen LogP contribution in [0.1, 0.15) is 77.9 Å². The first-order valence-corrected chi connectivity index (χ1v) is 34.7. The quantitative estimate of drug-likeness (QED) is 0.0657. The molecule has 0 amide bonds. The summed E-state index contributed by atoms with van der Waals surface area (Å²) in [5.41, 5.74) is 19.6. The van der Waals surface area contributed by atoms with Crippen LogP contribution >= 0.6 is 0 Å². The summed E-state index contributed by atoms with van der Waals surface area (Å²) in [6.45, 7) is 12.5. The van der Waals surface area contributed by atoms with Gasteiger partial charge in [-0.3, -0.25) is 15.0 Å². The molecule has 0 fully saturated rings. The smallest absolute Gasteiger partial charge is 0.340 e. The monoisotopic (exact) mass is 1460 g/mol. The van der Waals surface area contributed by atoms with Crippen LogP contribution in [0, 0.1) is 59.7 Å². The zero-order valence-electron chi connectivity index (χ0n) is 53.9. The first kappa shape index (κ1) is 65.4. The third-order valence-electron chi connectivity index (χ3n) is 17.9. The van der Waals surface area contributed by atoms with Crippen molar-refractivity contribution in [1.29, 1.82) is 0 Å². The van der Waals surface area contributed by atoms with Crippen molar-refractivity contribution in [3.8, 4) is 51.2 Å². The predicted octanol–water partition coefficient (Wildman–Crippen LogP) is 17.1. The van der Waals surface area contributed by atoms with E-state index in [1.807, 2.05) is 76.4 Å². The molecule has 0 spiro atoms. The van der Waals surface area contributed by atoms with E-state index in [1.54, 1.807) is 73.1 Å². The fraction of sp³-hybridized carbons (Fsp3) is 0.159. The Morgan fingerprint density at radius 3 is 1.01 bits per heavy atom. The molecule has 0 saturated carbocycles. The van der Waals surface area contributed by atoms with E-state index >= 15 is 16.8 Å². The first-order valence-electron chi connectivity index (χ1n) is 31.8. The molecule has 474 valence electrons. The van der Waals surface area contributed by atoms with Crippen molar-refractivity contribution in [2.45, 2.75) is 106 Å². The van der Waals surface area contributed by atoms with E-state index in [-0.39, 0.29) is 39.7 Å². The van der Waals surface area contributed by atoms with Gasteiger partial charge in [-0.25, -0.2) is 16.8 Å². The van der Waals surface area contributed by atoms with Crippen LogP contribution in [0.3, 0.4) is 0 Å². The van der Waals surface area contributed by atoms with E-state index in [0.717, 1.165) is 78.5 Å². The van der Waals surface area contributed by atoms with Gasteiger partial charge in [0.2, 0.25) is 0 Å². The molecule has 0 bridgehead atoms. The second-order valence-electron chi connectivity index (χ2n) is 24.4. The largest absolute Gasteiger partial charge is 3.00 e. The summed E-state index contributed by atoms with van der Waals surface area (Å²) in [6.07, 6.45) is 15.0. The molecule has 0 aliphatic rings. The average Bonchev–Trinajstić information content (AvgIpc) is 1.75. The van der Waals surface area contributed by atoms with Crippen molar-refractivity contribution in [1.82, 2.24) is 28.7 Å². The maximum absolute atomic E-state index is 15.0. The number of aryl methyl sites for hydroxylation is 12. The molecular formula is C82H71IrN6O4S2. The van der Waals surface area contributed by atoms with Gasteiger partial charge in [0.25, 0.3) is 0 Å². The van der Waals surface area contributed by atoms with Gasteiger partial charge < -0.3 is 13.7 Å². The van der Waals surface area contributed by atoms with Crippen LogP contribution in [0.15, 0.2) is 257 Å². The topological polar surface area (TPSA) is 122 Å². The molecule has 10 aromatic carbocycles. The van der Waals surface area contributed by atoms with E-state index in [9.17, 15) is 0 Å². The summed E-state index contributed by atoms with van der Waals surface area (Å²) in [4.78, 5) is 15.3. The number of hydrogen-bond donors (Lipinski definition) is 0. The number of rotatable bonds is 21. The van der Waals surface area contributed by atoms with Crippen LogP contribution in [0.5, 0.6) is 0 Å². The molecule has 13 rings (SSSR count). The van der Waals surface area contributed by atoms with E-state index in [4.69, 9.17) is 15.0 Å². The summed E-state index contributed by atoms with van der Waals surface area (Å²) in [5, 5.41) is 0. The predicted molar refractivity (Wildman–Crippen MR) is 374 cm³/mol. The van der Waals surface area contributed by atoms with Gasteiger partial charge >= 0.3 is 20.1 Å². The van der Waals surface area contributed by atoms with Gasteiger partial charge in [0.15, 0.2) is 19.7 Å². The Morgan fingerprint density at radius 1 is 0.337 bits per heavy atom. The fourth-order valence-electron chi connectivity index (χ4n) is 13.2. The Kier molecular flexibility index (Phi) is 19.4. The Labute approximate surface area is 572 Å². The molecule has 0 N–H and O–H groups in total. The summed E-state index contributed by atoms with van der Waals surface area (Å²) < 4.78 is 66.3. The maximum Gasteiger partial charge on any atom is 3.00 e. The number of aromatic nitrogens is 6. The molecule has 3 aromatic heterocycles. The number of hydrogen-bond acceptors (Lipinski definition) is 7. The van der Waals surface area contributed by atoms with Crippen LogP contribution < -0.4 is 0 Å². The molecule has 0 saturated heterocycles. The molecule has 0 unspecified atom stereocenters. The molecular weight excluding hydrogens is 1390 g/mol. The molecule has 0 atom stereocenters. The minimum atomic E-state index is -4.04. The van der Waals surface area contributed by atoms with Crippen LogP contribution in [-0.2, 0) is 84.7 Å². The molecule has 13 aromatic rings. The summed E-state index contributed by atoms with van der Waals surface area (Å²) in [5.74, 6) is 2.00. The molecule has 13 heteroatoms. The van der Waals surface area contributed by atoms with Gasteiger partial charge in [-0.2, -0.15) is 0 Å². The summed E-state index contributed by atoms with van der Waals surface area (Å²) in [7, 11) is -8.08. The normalized spacial score (nSPS) is 11.6. The second kappa shape index (κ2) is 28.1. The zero-order valence-corrected chi connectivity index (χ0v) is 58.0. The minimum Gasteiger partial charge on any atom is -0.340 e. The SMILES string of the molecule is Cc1cccc(C)c1-n1ccnc1-c1[c-]cc(CCc2cc(CCc3c[c-]c(-c4nccn4-c4c(C)cccc4C)cc3S(=O)(=O)c3ccccc3)cc(CCc3c[c-]c(-c4nccn4-c4c(C)cccc4C)cc3S(=O)(=O)c3ccccc3)c2)c(Cc2ccccc2)c1.[Ir+3]. The number of nitrogens with zero attached hydrogens (tertiary/aromatic N) is 6. The third-order valence-corrected chi connectivity index (χ3v) is 21.6. The Balaban J connectivity index is 0.00000864. The van der Waals surface area contributed by atoms with E-state index in [2.05, 4.69) is 161 Å². The van der Waals surface area contributed by atoms with Crippen molar-refractivity contribution in [3.05, 3.63) is 333 Å². The van der Waals surface area contributed by atoms with E-state index in [0.29, 0.717) is 78.8 Å². The number of imidazole rings is 3. The van der Waals surface area contributed by atoms with Crippen molar-refractivity contribution in [2.75, 3.05) is 0 Å². The van der Waals surface area contributed by atoms with Crippen LogP contribution in [-0.4, -0.2) is 45.5 Å². The molecule has 0 aliphatic carbocycles. The van der Waals surface area contributed by atoms with Crippen LogP contribution in [0.2, 0.25) is 0 Å². The fourth-order valence-corrected chi connectivity index (χ4v) is 16.3. The van der Waals surface area contributed by atoms with Gasteiger partial charge in [0.05, 0.1) is 27.3 Å². The van der Waals surface area contributed by atoms with Crippen molar-refractivity contribution in [3.63, 3.8) is 0 Å². The van der Waals surface area contributed by atoms with Crippen LogP contribution in [0.25, 0.3) is 51.2 Å². The van der Waals surface area contributed by atoms with Gasteiger partial charge in [-0.05, 0) is 157 Å². The average molecular weight is 1460 g/mol. The summed E-state index contributed by atoms with van der Waals surface area (Å²) >= 11 is 0. The van der Waals surface area contributed by atoms with Gasteiger partial charge in [0, 0.05) is 54.2 Å². The zero-order chi connectivity index (χ0) is 65.1. The minimum absolute atomic E-state index is 0. The number of benzene rings is 10. The standard InChI is InChI=1S/C82H71N6O4S2.Ir/c1-56-19-16-20-57(2)77(56)86-46-43-83-80(86)69-40-37-66(72(53-69)52-62-25-10-7-11-26-62)34-31-63-49-64(32-35-67-38-41-70(54-75(67)93(89,90)73-27-12-8-13-28-73)81-84-44-47-87(81)78-58(3)21-17-22-59(78)4)51-65(50-63)33-36-68-39-42-71(55-76(68)94(91,92)74-29-14-9-15-30-74)82-85-45-48-88(82)79-60(5)23-18-24-61(79)6;/h7-30,37-39,43-51,53-55H,31-36,52H2,1-6H3;/q-3;+3. The van der Waals surface area contributed by atoms with E-state index in [1.165, 1.54) is 16.7 Å². The van der Waals surface area contributed by atoms with Crippen molar-refractivity contribution in [2.24, 2.45) is 0 Å². The molecule has 95 heavy (non-hydrogen) atoms. The van der Waals surface area contributed by atoms with Crippen molar-refractivity contribution >= 4 is 19.7 Å². The molecule has 10 nitrogen and oxygen atoms in total. The van der Waals surface area contributed by atoms with Gasteiger partial charge in [-0.15, -0.1) is 93.5 Å². The molecule has 3 heterocycles. The first-order chi connectivity index (χ1) is 45.6. The Hall–Kier alpha value is -9.62. The van der Waals surface area contributed by atoms with Crippen molar-refractivity contribution < 1.29 is 36.9 Å². The van der Waals surface area contributed by atoms with Gasteiger partial charge in [-0.1, -0.05) is 159 Å². The van der Waals surface area contributed by atoms with Gasteiger partial charge in [0.1, 0.15) is 0 Å². The Morgan fingerprint density at radius 2 is 0.653 bits per heavy atom. The van der Waals surface area contributed by atoms with Crippen LogP contribution in [0.4, 0.5) is 0 Å². The van der Waals surface area contributed by atoms with E-state index < -0.39 is 19.7 Å².